The molecule has 6 nitrogen and oxygen atoms in total. The third-order valence-corrected chi connectivity index (χ3v) is 9.67. The van der Waals surface area contributed by atoms with Gasteiger partial charge in [0.1, 0.15) is 0 Å². The average Bonchev–Trinajstić information content (AvgIpc) is 2.83. The van der Waals surface area contributed by atoms with Gasteiger partial charge in [-0.15, -0.1) is 0 Å². The Kier molecular flexibility index (Phi) is 6.90. The zero-order chi connectivity index (χ0) is 25.6. The van der Waals surface area contributed by atoms with Gasteiger partial charge < -0.3 is 4.90 Å². The van der Waals surface area contributed by atoms with E-state index in [1.807, 2.05) is 30.0 Å². The largest absolute Gasteiger partial charge is 0.332 e. The number of nitrogens with zero attached hydrogens (tertiary/aromatic N) is 3. The van der Waals surface area contributed by atoms with Crippen molar-refractivity contribution in [3.8, 4) is 0 Å². The Morgan fingerprint density at radius 1 is 0.914 bits per heavy atom. The van der Waals surface area contributed by atoms with Gasteiger partial charge in [-0.3, -0.25) is 9.69 Å². The van der Waals surface area contributed by atoms with Crippen LogP contribution in [0.5, 0.6) is 0 Å². The molecule has 2 aliphatic heterocycles. The molecule has 2 aliphatic rings. The molecule has 2 heterocycles. The lowest BCUT2D eigenvalue weighted by Gasteiger charge is -2.46. The molecule has 0 aliphatic carbocycles. The van der Waals surface area contributed by atoms with E-state index in [-0.39, 0.29) is 22.9 Å². The van der Waals surface area contributed by atoms with Gasteiger partial charge in [0.15, 0.2) is 0 Å². The monoisotopic (exact) mass is 497 g/mol. The fourth-order valence-corrected chi connectivity index (χ4v) is 6.79. The van der Waals surface area contributed by atoms with Crippen molar-refractivity contribution in [3.63, 3.8) is 0 Å². The third kappa shape index (κ3) is 4.91. The molecule has 0 aromatic heterocycles. The predicted octanol–water partition coefficient (Wildman–Crippen LogP) is 4.00. The zero-order valence-corrected chi connectivity index (χ0v) is 22.7. The summed E-state index contributed by atoms with van der Waals surface area (Å²) in [6.07, 6.45) is 0.859. The lowest BCUT2D eigenvalue weighted by Crippen LogP contribution is -2.59. The summed E-state index contributed by atoms with van der Waals surface area (Å²) in [5, 5.41) is 0. The molecule has 4 rings (SSSR count). The average molecular weight is 498 g/mol. The van der Waals surface area contributed by atoms with E-state index >= 15 is 0 Å². The topological polar surface area (TPSA) is 60.9 Å². The van der Waals surface area contributed by atoms with Crippen LogP contribution >= 0.6 is 0 Å². The summed E-state index contributed by atoms with van der Waals surface area (Å²) < 4.78 is 28.0. The van der Waals surface area contributed by atoms with Crippen LogP contribution < -0.4 is 0 Å². The minimum Gasteiger partial charge on any atom is -0.332 e. The van der Waals surface area contributed by atoms with E-state index in [2.05, 4.69) is 57.7 Å². The smallest absolute Gasteiger partial charge is 0.243 e. The molecule has 1 atom stereocenters. The van der Waals surface area contributed by atoms with Crippen molar-refractivity contribution in [3.05, 3.63) is 65.2 Å². The Morgan fingerprint density at radius 2 is 1.51 bits per heavy atom. The maximum atomic E-state index is 13.6. The van der Waals surface area contributed by atoms with Crippen LogP contribution in [0.2, 0.25) is 0 Å². The van der Waals surface area contributed by atoms with Crippen LogP contribution in [0.3, 0.4) is 0 Å². The molecular formula is C28H39N3O3S. The maximum Gasteiger partial charge on any atom is 0.243 e. The fourth-order valence-electron chi connectivity index (χ4n) is 5.37. The van der Waals surface area contributed by atoms with Crippen molar-refractivity contribution in [1.82, 2.24) is 14.1 Å². The van der Waals surface area contributed by atoms with Crippen molar-refractivity contribution in [1.29, 1.82) is 0 Å². The number of rotatable bonds is 4. The Balaban J connectivity index is 1.42. The Morgan fingerprint density at radius 3 is 2.11 bits per heavy atom. The second-order valence-corrected chi connectivity index (χ2v) is 13.3. The summed E-state index contributed by atoms with van der Waals surface area (Å²) in [6.45, 7) is 15.1. The second kappa shape index (κ2) is 9.34. The molecule has 1 saturated heterocycles. The summed E-state index contributed by atoms with van der Waals surface area (Å²) in [7, 11) is -3.55. The number of fused-ring (bicyclic) bond motifs is 1. The van der Waals surface area contributed by atoms with E-state index in [0.717, 1.165) is 12.0 Å². The molecule has 35 heavy (non-hydrogen) atoms. The van der Waals surface area contributed by atoms with Gasteiger partial charge in [0.05, 0.1) is 16.5 Å². The lowest BCUT2D eigenvalue weighted by molar-refractivity contribution is -0.143. The number of carbonyl (C=O) groups excluding carboxylic acids is 1. The quantitative estimate of drug-likeness (QED) is 0.641. The van der Waals surface area contributed by atoms with Gasteiger partial charge in [-0.25, -0.2) is 8.42 Å². The summed E-state index contributed by atoms with van der Waals surface area (Å²) in [5.74, 6) is 0.110. The van der Waals surface area contributed by atoms with Crippen molar-refractivity contribution in [2.45, 2.75) is 69.9 Å². The van der Waals surface area contributed by atoms with Crippen molar-refractivity contribution in [2.75, 3.05) is 32.7 Å². The lowest BCUT2D eigenvalue weighted by atomic mass is 9.83. The molecule has 0 unspecified atom stereocenters. The number of carbonyl (C=O) groups is 1. The molecule has 0 N–H and O–H groups in total. The first-order valence-corrected chi connectivity index (χ1v) is 14.0. The van der Waals surface area contributed by atoms with Gasteiger partial charge in [-0.05, 0) is 61.4 Å². The van der Waals surface area contributed by atoms with E-state index in [4.69, 9.17) is 0 Å². The highest BCUT2D eigenvalue weighted by Gasteiger charge is 2.41. The van der Waals surface area contributed by atoms with Crippen molar-refractivity contribution < 1.29 is 13.2 Å². The van der Waals surface area contributed by atoms with Crippen molar-refractivity contribution >= 4 is 15.9 Å². The standard InChI is InChI=1S/C28H39N3O3S/c1-21(26(32)31-16-15-22-9-7-8-10-25(22)28(31,5)6)29-17-19-30(20-18-29)35(33,34)24-13-11-23(12-14-24)27(2,3)4/h7-14,21H,15-20H2,1-6H3/t21-/m0/s1. The van der Waals surface area contributed by atoms with E-state index < -0.39 is 10.0 Å². The molecule has 190 valence electrons. The number of benzene rings is 2. The van der Waals surface area contributed by atoms with Gasteiger partial charge in [0.25, 0.3) is 0 Å². The molecule has 0 radical (unpaired) electrons. The van der Waals surface area contributed by atoms with E-state index in [0.29, 0.717) is 37.6 Å². The molecule has 7 heteroatoms. The first kappa shape index (κ1) is 25.9. The van der Waals surface area contributed by atoms with Gasteiger partial charge >= 0.3 is 0 Å². The van der Waals surface area contributed by atoms with Crippen LogP contribution in [0.4, 0.5) is 0 Å². The Labute approximate surface area is 211 Å². The third-order valence-electron chi connectivity index (χ3n) is 7.76. The van der Waals surface area contributed by atoms with Gasteiger partial charge in [0.2, 0.25) is 15.9 Å². The minimum absolute atomic E-state index is 0.0262. The predicted molar refractivity (Wildman–Crippen MR) is 140 cm³/mol. The number of hydrogen-bond donors (Lipinski definition) is 0. The minimum atomic E-state index is -3.55. The van der Waals surface area contributed by atoms with Crippen LogP contribution in [0.25, 0.3) is 0 Å². The van der Waals surface area contributed by atoms with E-state index in [1.165, 1.54) is 11.1 Å². The summed E-state index contributed by atoms with van der Waals surface area (Å²) in [4.78, 5) is 18.0. The highest BCUT2D eigenvalue weighted by molar-refractivity contribution is 7.89. The summed E-state index contributed by atoms with van der Waals surface area (Å²) in [5.41, 5.74) is 3.23. The maximum absolute atomic E-state index is 13.6. The second-order valence-electron chi connectivity index (χ2n) is 11.3. The van der Waals surface area contributed by atoms with Crippen LogP contribution in [0.15, 0.2) is 53.4 Å². The summed E-state index contributed by atoms with van der Waals surface area (Å²) >= 11 is 0. The normalized spacial score (nSPS) is 20.3. The molecule has 1 amide bonds. The first-order chi connectivity index (χ1) is 16.3. The molecule has 1 fully saturated rings. The number of piperazine rings is 1. The highest BCUT2D eigenvalue weighted by Crippen LogP contribution is 2.35. The Bertz CT molecular complexity index is 1170. The molecule has 0 saturated carbocycles. The molecular weight excluding hydrogens is 458 g/mol. The molecule has 0 bridgehead atoms. The van der Waals surface area contributed by atoms with Crippen LogP contribution in [-0.4, -0.2) is 67.2 Å². The van der Waals surface area contributed by atoms with Crippen LogP contribution in [-0.2, 0) is 32.2 Å². The van der Waals surface area contributed by atoms with Crippen LogP contribution in [0.1, 0.15) is 58.2 Å². The zero-order valence-electron chi connectivity index (χ0n) is 21.9. The Hall–Kier alpha value is -2.22. The fraction of sp³-hybridized carbons (Fsp3) is 0.536. The first-order valence-electron chi connectivity index (χ1n) is 12.6. The van der Waals surface area contributed by atoms with E-state index in [9.17, 15) is 13.2 Å². The molecule has 0 spiro atoms. The summed E-state index contributed by atoms with van der Waals surface area (Å²) in [6, 6.07) is 15.3. The van der Waals surface area contributed by atoms with Crippen molar-refractivity contribution in [2.24, 2.45) is 0 Å². The SMILES string of the molecule is C[C@@H](C(=O)N1CCc2ccccc2C1(C)C)N1CCN(S(=O)(=O)c2ccc(C(C)(C)C)cc2)CC1. The van der Waals surface area contributed by atoms with Crippen LogP contribution in [0, 0.1) is 0 Å². The highest BCUT2D eigenvalue weighted by atomic mass is 32.2. The number of sulfonamides is 1. The van der Waals surface area contributed by atoms with E-state index in [1.54, 1.807) is 16.4 Å². The molecule has 2 aromatic carbocycles. The van der Waals surface area contributed by atoms with Gasteiger partial charge in [-0.1, -0.05) is 57.2 Å². The van der Waals surface area contributed by atoms with Gasteiger partial charge in [0, 0.05) is 32.7 Å². The molecule has 2 aromatic rings. The number of amides is 1. The number of hydrogen-bond acceptors (Lipinski definition) is 4. The van der Waals surface area contributed by atoms with Gasteiger partial charge in [-0.2, -0.15) is 4.31 Å².